The van der Waals surface area contributed by atoms with Crippen molar-refractivity contribution in [1.82, 2.24) is 5.32 Å². The summed E-state index contributed by atoms with van der Waals surface area (Å²) in [6.07, 6.45) is 4.75. The van der Waals surface area contributed by atoms with Gasteiger partial charge in [0.15, 0.2) is 0 Å². The van der Waals surface area contributed by atoms with Gasteiger partial charge >= 0.3 is 0 Å². The molecule has 0 aliphatic carbocycles. The second-order valence-electron chi connectivity index (χ2n) is 6.00. The molecule has 0 bridgehead atoms. The molecule has 1 rings (SSSR count). The predicted octanol–water partition coefficient (Wildman–Crippen LogP) is 3.09. The fraction of sp³-hybridized carbons (Fsp3) is 1.00. The molecule has 0 radical (unpaired) electrons. The van der Waals surface area contributed by atoms with E-state index in [1.54, 1.807) is 6.92 Å². The van der Waals surface area contributed by atoms with Crippen molar-refractivity contribution in [2.75, 3.05) is 0 Å². The lowest BCUT2D eigenvalue weighted by atomic mass is 9.83. The highest BCUT2D eigenvalue weighted by Crippen LogP contribution is 2.27. The van der Waals surface area contributed by atoms with Crippen molar-refractivity contribution in [3.05, 3.63) is 0 Å². The topological polar surface area (TPSA) is 32.3 Å². The van der Waals surface area contributed by atoms with Crippen LogP contribution in [-0.4, -0.2) is 22.3 Å². The van der Waals surface area contributed by atoms with Gasteiger partial charge in [-0.25, -0.2) is 0 Å². The van der Waals surface area contributed by atoms with Crippen molar-refractivity contribution < 1.29 is 5.11 Å². The third-order valence-electron chi connectivity index (χ3n) is 2.87. The molecular weight excluding hydrogens is 186 g/mol. The molecule has 1 fully saturated rings. The smallest absolute Gasteiger partial charge is 0.0509 e. The number of piperidine rings is 1. The van der Waals surface area contributed by atoms with Gasteiger partial charge in [0.2, 0.25) is 0 Å². The Morgan fingerprint density at radius 1 is 1.13 bits per heavy atom. The Kier molecular flexibility index (Phi) is 5.82. The summed E-state index contributed by atoms with van der Waals surface area (Å²) in [7, 11) is 0. The SMILES string of the molecule is CC1(C)CCCC(C)(C)N1.CCC(C)O. The molecule has 0 aromatic rings. The number of nitrogens with one attached hydrogen (secondary N) is 1. The minimum atomic E-state index is -0.116. The van der Waals surface area contributed by atoms with E-state index in [2.05, 4.69) is 33.0 Å². The normalized spacial score (nSPS) is 25.0. The van der Waals surface area contributed by atoms with Crippen LogP contribution in [0.15, 0.2) is 0 Å². The van der Waals surface area contributed by atoms with Gasteiger partial charge in [0.05, 0.1) is 6.10 Å². The van der Waals surface area contributed by atoms with E-state index in [0.29, 0.717) is 11.1 Å². The largest absolute Gasteiger partial charge is 0.393 e. The second-order valence-corrected chi connectivity index (χ2v) is 6.00. The molecule has 0 amide bonds. The van der Waals surface area contributed by atoms with Gasteiger partial charge in [-0.3, -0.25) is 0 Å². The second kappa shape index (κ2) is 5.86. The summed E-state index contributed by atoms with van der Waals surface area (Å²) < 4.78 is 0. The van der Waals surface area contributed by atoms with E-state index in [-0.39, 0.29) is 6.10 Å². The van der Waals surface area contributed by atoms with Crippen molar-refractivity contribution in [3.63, 3.8) is 0 Å². The molecule has 1 atom stereocenters. The Bertz CT molecular complexity index is 159. The maximum absolute atomic E-state index is 8.36. The van der Waals surface area contributed by atoms with Crippen LogP contribution in [0.5, 0.6) is 0 Å². The zero-order valence-corrected chi connectivity index (χ0v) is 11.4. The Hall–Kier alpha value is -0.0800. The van der Waals surface area contributed by atoms with E-state index in [1.165, 1.54) is 19.3 Å². The first-order chi connectivity index (χ1) is 6.68. The maximum Gasteiger partial charge on any atom is 0.0509 e. The van der Waals surface area contributed by atoms with Crippen molar-refractivity contribution in [1.29, 1.82) is 0 Å². The molecule has 0 aromatic heterocycles. The molecule has 1 aliphatic heterocycles. The van der Waals surface area contributed by atoms with E-state index in [1.807, 2.05) is 6.92 Å². The van der Waals surface area contributed by atoms with Crippen molar-refractivity contribution in [2.24, 2.45) is 0 Å². The van der Waals surface area contributed by atoms with Crippen LogP contribution in [0.4, 0.5) is 0 Å². The quantitative estimate of drug-likeness (QED) is 0.704. The molecule has 2 nitrogen and oxygen atoms in total. The zero-order chi connectivity index (χ0) is 12.1. The highest BCUT2D eigenvalue weighted by Gasteiger charge is 2.31. The van der Waals surface area contributed by atoms with Crippen molar-refractivity contribution >= 4 is 0 Å². The lowest BCUT2D eigenvalue weighted by Crippen LogP contribution is -2.55. The number of aliphatic hydroxyl groups excluding tert-OH is 1. The molecule has 92 valence electrons. The predicted molar refractivity (Wildman–Crippen MR) is 67.1 cm³/mol. The van der Waals surface area contributed by atoms with Crippen molar-refractivity contribution in [2.45, 2.75) is 84.4 Å². The fourth-order valence-corrected chi connectivity index (χ4v) is 2.01. The van der Waals surface area contributed by atoms with Gasteiger partial charge in [-0.2, -0.15) is 0 Å². The molecule has 0 spiro atoms. The summed E-state index contributed by atoms with van der Waals surface area (Å²) in [4.78, 5) is 0. The van der Waals surface area contributed by atoms with Crippen LogP contribution >= 0.6 is 0 Å². The van der Waals surface area contributed by atoms with E-state index >= 15 is 0 Å². The summed E-state index contributed by atoms with van der Waals surface area (Å²) >= 11 is 0. The summed E-state index contributed by atoms with van der Waals surface area (Å²) in [6, 6.07) is 0. The Morgan fingerprint density at radius 2 is 1.47 bits per heavy atom. The fourth-order valence-electron chi connectivity index (χ4n) is 2.01. The maximum atomic E-state index is 8.36. The lowest BCUT2D eigenvalue weighted by molar-refractivity contribution is 0.183. The van der Waals surface area contributed by atoms with Gasteiger partial charge in [0, 0.05) is 11.1 Å². The van der Waals surface area contributed by atoms with Crippen LogP contribution in [0.3, 0.4) is 0 Å². The minimum Gasteiger partial charge on any atom is -0.393 e. The van der Waals surface area contributed by atoms with E-state index in [0.717, 1.165) is 6.42 Å². The van der Waals surface area contributed by atoms with Gasteiger partial charge in [0.25, 0.3) is 0 Å². The third-order valence-corrected chi connectivity index (χ3v) is 2.87. The molecule has 1 saturated heterocycles. The third kappa shape index (κ3) is 7.80. The number of hydrogen-bond acceptors (Lipinski definition) is 2. The summed E-state index contributed by atoms with van der Waals surface area (Å²) in [5.74, 6) is 0. The van der Waals surface area contributed by atoms with Crippen molar-refractivity contribution in [3.8, 4) is 0 Å². The number of rotatable bonds is 1. The van der Waals surface area contributed by atoms with Gasteiger partial charge in [-0.15, -0.1) is 0 Å². The van der Waals surface area contributed by atoms with Crippen LogP contribution in [0.25, 0.3) is 0 Å². The molecule has 1 aliphatic rings. The molecule has 15 heavy (non-hydrogen) atoms. The van der Waals surface area contributed by atoms with Crippen LogP contribution in [0.1, 0.15) is 67.2 Å². The molecule has 0 aromatic carbocycles. The zero-order valence-electron chi connectivity index (χ0n) is 11.4. The lowest BCUT2D eigenvalue weighted by Gasteiger charge is -2.42. The first-order valence-corrected chi connectivity index (χ1v) is 6.16. The number of aliphatic hydroxyl groups is 1. The minimum absolute atomic E-state index is 0.116. The molecule has 2 N–H and O–H groups in total. The van der Waals surface area contributed by atoms with Gasteiger partial charge < -0.3 is 10.4 Å². The van der Waals surface area contributed by atoms with Gasteiger partial charge in [0.1, 0.15) is 0 Å². The summed E-state index contributed by atoms with van der Waals surface area (Å²) in [6.45, 7) is 12.9. The average Bonchev–Trinajstić information content (AvgIpc) is 2.00. The van der Waals surface area contributed by atoms with Crippen LogP contribution < -0.4 is 5.32 Å². The molecule has 1 unspecified atom stereocenters. The Morgan fingerprint density at radius 3 is 1.60 bits per heavy atom. The van der Waals surface area contributed by atoms with E-state index in [9.17, 15) is 0 Å². The first-order valence-electron chi connectivity index (χ1n) is 6.16. The van der Waals surface area contributed by atoms with Crippen LogP contribution in [0, 0.1) is 0 Å². The number of hydrogen-bond donors (Lipinski definition) is 2. The standard InChI is InChI=1S/C9H19N.C4H10O/c1-8(2)6-5-7-9(3,4)10-8;1-3-4(2)5/h10H,5-7H2,1-4H3;4-5H,3H2,1-2H3. The highest BCUT2D eigenvalue weighted by molar-refractivity contribution is 4.92. The summed E-state index contributed by atoms with van der Waals surface area (Å²) in [5, 5.41) is 12.0. The average molecular weight is 215 g/mol. The molecule has 1 heterocycles. The van der Waals surface area contributed by atoms with E-state index in [4.69, 9.17) is 5.11 Å². The molecular formula is C13H29NO. The molecule has 2 heteroatoms. The summed E-state index contributed by atoms with van der Waals surface area (Å²) in [5.41, 5.74) is 0.726. The highest BCUT2D eigenvalue weighted by atomic mass is 16.3. The van der Waals surface area contributed by atoms with Crippen LogP contribution in [-0.2, 0) is 0 Å². The Balaban J connectivity index is 0.000000336. The first kappa shape index (κ1) is 14.9. The molecule has 0 saturated carbocycles. The van der Waals surface area contributed by atoms with Gasteiger partial charge in [-0.1, -0.05) is 6.92 Å². The van der Waals surface area contributed by atoms with E-state index < -0.39 is 0 Å². The van der Waals surface area contributed by atoms with Gasteiger partial charge in [-0.05, 0) is 60.3 Å². The van der Waals surface area contributed by atoms with Crippen LogP contribution in [0.2, 0.25) is 0 Å². The monoisotopic (exact) mass is 215 g/mol. The Labute approximate surface area is 95.5 Å².